The van der Waals surface area contributed by atoms with Gasteiger partial charge in [-0.3, -0.25) is 9.59 Å². The Morgan fingerprint density at radius 2 is 1.50 bits per heavy atom. The number of anilines is 3. The number of nitrogens with two attached hydrogens (primary N) is 1. The van der Waals surface area contributed by atoms with Crippen molar-refractivity contribution in [3.05, 3.63) is 82.4 Å². The minimum Gasteiger partial charge on any atom is -0.744 e. The predicted octanol–water partition coefficient (Wildman–Crippen LogP) is -0.585. The van der Waals surface area contributed by atoms with Crippen LogP contribution in [0.1, 0.15) is 37.4 Å². The number of carbonyl (C=O) groups excluding carboxylic acids is 2. The van der Waals surface area contributed by atoms with Crippen LogP contribution in [0.15, 0.2) is 59.5 Å². The van der Waals surface area contributed by atoms with Crippen LogP contribution in [0.4, 0.5) is 17.1 Å². The standard InChI is InChI=1S/C22H19N3O5S.Na/c1-24-11-12-6-8-13(9-7-12)25-16-10-17(31(28,29)30)20(23)19-18(16)21(26)14-4-2-3-5-15(14)22(19)27;/h2-10,24-25H,11,23H2,1H3,(H,28,29,30);/q;+1/p-1. The van der Waals surface area contributed by atoms with Gasteiger partial charge in [-0.1, -0.05) is 36.4 Å². The van der Waals surface area contributed by atoms with Crippen molar-refractivity contribution in [3.63, 3.8) is 0 Å². The van der Waals surface area contributed by atoms with Crippen molar-refractivity contribution in [2.75, 3.05) is 18.1 Å². The quantitative estimate of drug-likeness (QED) is 0.204. The fourth-order valence-electron chi connectivity index (χ4n) is 3.66. The van der Waals surface area contributed by atoms with E-state index < -0.39 is 32.3 Å². The Morgan fingerprint density at radius 1 is 0.938 bits per heavy atom. The van der Waals surface area contributed by atoms with Crippen molar-refractivity contribution in [1.82, 2.24) is 5.32 Å². The van der Waals surface area contributed by atoms with Gasteiger partial charge in [0.2, 0.25) is 0 Å². The van der Waals surface area contributed by atoms with Crippen LogP contribution in [-0.2, 0) is 16.7 Å². The zero-order chi connectivity index (χ0) is 22.3. The molecule has 0 atom stereocenters. The Labute approximate surface area is 207 Å². The monoisotopic (exact) mass is 459 g/mol. The second-order valence-corrected chi connectivity index (χ2v) is 8.44. The number of nitrogens with one attached hydrogen (secondary N) is 2. The van der Waals surface area contributed by atoms with Gasteiger partial charge in [-0.2, -0.15) is 0 Å². The van der Waals surface area contributed by atoms with Gasteiger partial charge in [-0.05, 0) is 30.8 Å². The third-order valence-electron chi connectivity index (χ3n) is 5.08. The third-order valence-corrected chi connectivity index (χ3v) is 5.96. The van der Waals surface area contributed by atoms with Crippen molar-refractivity contribution in [3.8, 4) is 0 Å². The van der Waals surface area contributed by atoms with E-state index in [1.807, 2.05) is 19.2 Å². The van der Waals surface area contributed by atoms with Crippen LogP contribution in [0, 0.1) is 0 Å². The van der Waals surface area contributed by atoms with Gasteiger partial charge in [0, 0.05) is 23.4 Å². The second-order valence-electron chi connectivity index (χ2n) is 7.10. The molecule has 0 radical (unpaired) electrons. The molecule has 3 aromatic carbocycles. The molecule has 8 nitrogen and oxygen atoms in total. The van der Waals surface area contributed by atoms with Crippen LogP contribution in [0.2, 0.25) is 0 Å². The first-order valence-electron chi connectivity index (χ1n) is 9.33. The van der Waals surface area contributed by atoms with E-state index in [0.717, 1.165) is 11.6 Å². The van der Waals surface area contributed by atoms with Crippen molar-refractivity contribution in [1.29, 1.82) is 0 Å². The molecule has 0 bridgehead atoms. The Morgan fingerprint density at radius 3 is 2.03 bits per heavy atom. The number of nitrogen functional groups attached to an aromatic ring is 1. The molecule has 0 unspecified atom stereocenters. The van der Waals surface area contributed by atoms with Crippen molar-refractivity contribution >= 4 is 38.7 Å². The summed E-state index contributed by atoms with van der Waals surface area (Å²) >= 11 is 0. The van der Waals surface area contributed by atoms with Crippen LogP contribution in [0.5, 0.6) is 0 Å². The first-order chi connectivity index (χ1) is 14.7. The fourth-order valence-corrected chi connectivity index (χ4v) is 4.30. The molecule has 4 rings (SSSR count). The molecule has 0 heterocycles. The number of benzene rings is 3. The fraction of sp³-hybridized carbons (Fsp3) is 0.0909. The van der Waals surface area contributed by atoms with Crippen molar-refractivity contribution in [2.45, 2.75) is 11.4 Å². The van der Waals surface area contributed by atoms with Gasteiger partial charge in [0.1, 0.15) is 10.1 Å². The van der Waals surface area contributed by atoms with E-state index in [4.69, 9.17) is 5.73 Å². The Kier molecular flexibility index (Phi) is 6.89. The van der Waals surface area contributed by atoms with E-state index >= 15 is 0 Å². The number of ketones is 2. The van der Waals surface area contributed by atoms with Crippen LogP contribution >= 0.6 is 0 Å². The maximum absolute atomic E-state index is 13.2. The molecule has 158 valence electrons. The molecule has 1 aliphatic rings. The smallest absolute Gasteiger partial charge is 0.744 e. The molecule has 0 amide bonds. The number of hydrogen-bond donors (Lipinski definition) is 3. The average molecular weight is 459 g/mol. The van der Waals surface area contributed by atoms with E-state index in [-0.39, 0.29) is 57.5 Å². The normalized spacial score (nSPS) is 12.6. The molecule has 0 saturated carbocycles. The van der Waals surface area contributed by atoms with Gasteiger partial charge < -0.3 is 20.9 Å². The minimum atomic E-state index is -5.00. The summed E-state index contributed by atoms with van der Waals surface area (Å²) < 4.78 is 35.5. The zero-order valence-electron chi connectivity index (χ0n) is 17.4. The van der Waals surface area contributed by atoms with Gasteiger partial charge in [-0.25, -0.2) is 8.42 Å². The van der Waals surface area contributed by atoms with E-state index in [9.17, 15) is 22.6 Å². The van der Waals surface area contributed by atoms with E-state index in [1.165, 1.54) is 12.1 Å². The minimum absolute atomic E-state index is 0. The van der Waals surface area contributed by atoms with E-state index in [0.29, 0.717) is 12.2 Å². The van der Waals surface area contributed by atoms with Crippen LogP contribution in [-0.4, -0.2) is 31.6 Å². The first kappa shape index (κ1) is 24.1. The molecule has 10 heteroatoms. The summed E-state index contributed by atoms with van der Waals surface area (Å²) in [6.45, 7) is 0.653. The van der Waals surface area contributed by atoms with Gasteiger partial charge >= 0.3 is 29.6 Å². The Hall–Kier alpha value is -2.53. The molecule has 0 aromatic heterocycles. The summed E-state index contributed by atoms with van der Waals surface area (Å²) in [7, 11) is -3.18. The topological polar surface area (TPSA) is 141 Å². The SMILES string of the molecule is CNCc1ccc(Nc2cc(S(=O)(=O)[O-])c(N)c3c2C(=O)c2ccccc2C3=O)cc1.[Na+]. The van der Waals surface area contributed by atoms with Gasteiger partial charge in [-0.15, -0.1) is 0 Å². The van der Waals surface area contributed by atoms with Crippen LogP contribution < -0.4 is 45.9 Å². The number of rotatable bonds is 5. The van der Waals surface area contributed by atoms with E-state index in [1.54, 1.807) is 24.3 Å². The maximum atomic E-state index is 13.2. The summed E-state index contributed by atoms with van der Waals surface area (Å²) in [4.78, 5) is 25.6. The van der Waals surface area contributed by atoms with E-state index in [2.05, 4.69) is 10.6 Å². The average Bonchev–Trinajstić information content (AvgIpc) is 2.73. The summed E-state index contributed by atoms with van der Waals surface area (Å²) in [5, 5.41) is 6.00. The zero-order valence-corrected chi connectivity index (χ0v) is 20.2. The number of fused-ring (bicyclic) bond motifs is 2. The summed E-state index contributed by atoms with van der Waals surface area (Å²) in [5.74, 6) is -1.10. The molecule has 1 aliphatic carbocycles. The second kappa shape index (κ2) is 9.14. The van der Waals surface area contributed by atoms with Gasteiger partial charge in [0.25, 0.3) is 0 Å². The Balaban J connectivity index is 0.00000289. The molecule has 0 aliphatic heterocycles. The number of hydrogen-bond acceptors (Lipinski definition) is 8. The summed E-state index contributed by atoms with van der Waals surface area (Å²) in [6, 6.07) is 14.4. The molecule has 0 saturated heterocycles. The van der Waals surface area contributed by atoms with Crippen LogP contribution in [0.25, 0.3) is 0 Å². The molecule has 0 fully saturated rings. The third kappa shape index (κ3) is 4.23. The van der Waals surface area contributed by atoms with Gasteiger partial charge in [0.05, 0.1) is 27.4 Å². The maximum Gasteiger partial charge on any atom is 1.00 e. The molecular formula is C22H18N3NaO5S. The van der Waals surface area contributed by atoms with Crippen molar-refractivity contribution in [2.24, 2.45) is 0 Å². The predicted molar refractivity (Wildman–Crippen MR) is 115 cm³/mol. The Bertz CT molecular complexity index is 1340. The summed E-state index contributed by atoms with van der Waals surface area (Å²) in [5.41, 5.74) is 6.93. The molecular weight excluding hydrogens is 441 g/mol. The largest absolute Gasteiger partial charge is 1.00 e. The summed E-state index contributed by atoms with van der Waals surface area (Å²) in [6.07, 6.45) is 0. The van der Waals surface area contributed by atoms with Crippen molar-refractivity contribution < 1.29 is 52.1 Å². The molecule has 3 aromatic rings. The molecule has 32 heavy (non-hydrogen) atoms. The first-order valence-corrected chi connectivity index (χ1v) is 10.7. The molecule has 0 spiro atoms. The van der Waals surface area contributed by atoms with Crippen LogP contribution in [0.3, 0.4) is 0 Å². The van der Waals surface area contributed by atoms with Gasteiger partial charge in [0.15, 0.2) is 11.6 Å². The number of carbonyl (C=O) groups is 2. The molecule has 4 N–H and O–H groups in total.